The number of anilines is 1. The maximum atomic E-state index is 12.3. The highest BCUT2D eigenvalue weighted by Crippen LogP contribution is 2.24. The highest BCUT2D eigenvalue weighted by atomic mass is 32.2. The molecule has 2 aromatic rings. The third-order valence-electron chi connectivity index (χ3n) is 2.73. The summed E-state index contributed by atoms with van der Waals surface area (Å²) in [6.07, 6.45) is 3.15. The molecule has 0 saturated heterocycles. The summed E-state index contributed by atoms with van der Waals surface area (Å²) in [5.41, 5.74) is 7.63. The molecule has 2 N–H and O–H groups in total. The normalized spacial score (nSPS) is 11.4. The Bertz CT molecular complexity index is 652. The number of sulfone groups is 1. The van der Waals surface area contributed by atoms with Crippen LogP contribution in [0.1, 0.15) is 11.1 Å². The van der Waals surface area contributed by atoms with Crippen molar-refractivity contribution in [2.24, 2.45) is 0 Å². The van der Waals surface area contributed by atoms with E-state index in [0.29, 0.717) is 11.3 Å². The second-order valence-corrected chi connectivity index (χ2v) is 6.06. The van der Waals surface area contributed by atoms with Crippen molar-refractivity contribution in [2.75, 3.05) is 5.73 Å². The lowest BCUT2D eigenvalue weighted by Crippen LogP contribution is -2.08. The van der Waals surface area contributed by atoms with Gasteiger partial charge in [-0.05, 0) is 36.2 Å². The number of aromatic nitrogens is 1. The number of aryl methyl sites for hydroxylation is 1. The van der Waals surface area contributed by atoms with E-state index in [1.807, 2.05) is 0 Å². The zero-order valence-electron chi connectivity index (χ0n) is 10.00. The Balaban J connectivity index is 2.41. The van der Waals surface area contributed by atoms with Gasteiger partial charge in [0, 0.05) is 12.4 Å². The van der Waals surface area contributed by atoms with Gasteiger partial charge in [0.1, 0.15) is 0 Å². The summed E-state index contributed by atoms with van der Waals surface area (Å²) in [7, 11) is -3.42. The first kappa shape index (κ1) is 12.6. The molecule has 0 aliphatic heterocycles. The van der Waals surface area contributed by atoms with Crippen LogP contribution < -0.4 is 5.73 Å². The number of hydrogen-bond donors (Lipinski definition) is 1. The van der Waals surface area contributed by atoms with Crippen molar-refractivity contribution in [1.29, 1.82) is 0 Å². The van der Waals surface area contributed by atoms with Gasteiger partial charge in [0.15, 0.2) is 9.84 Å². The van der Waals surface area contributed by atoms with Crippen LogP contribution in [0.2, 0.25) is 0 Å². The molecule has 1 aromatic carbocycles. The number of pyridine rings is 1. The van der Waals surface area contributed by atoms with Gasteiger partial charge in [0.2, 0.25) is 0 Å². The Morgan fingerprint density at radius 3 is 2.50 bits per heavy atom. The van der Waals surface area contributed by atoms with E-state index < -0.39 is 9.84 Å². The molecule has 94 valence electrons. The smallest absolute Gasteiger partial charge is 0.184 e. The molecule has 0 saturated carbocycles. The van der Waals surface area contributed by atoms with Gasteiger partial charge in [-0.25, -0.2) is 8.42 Å². The Morgan fingerprint density at radius 1 is 1.17 bits per heavy atom. The first-order valence-corrected chi connectivity index (χ1v) is 7.13. The van der Waals surface area contributed by atoms with Crippen LogP contribution in [0.4, 0.5) is 5.69 Å². The average Bonchev–Trinajstić information content (AvgIpc) is 2.33. The minimum atomic E-state index is -3.42. The largest absolute Gasteiger partial charge is 0.397 e. The molecule has 0 radical (unpaired) electrons. The van der Waals surface area contributed by atoms with Crippen LogP contribution in [0.25, 0.3) is 0 Å². The van der Waals surface area contributed by atoms with Crippen molar-refractivity contribution in [2.45, 2.75) is 17.6 Å². The van der Waals surface area contributed by atoms with Gasteiger partial charge in [0.25, 0.3) is 0 Å². The molecule has 1 aromatic heterocycles. The van der Waals surface area contributed by atoms with Crippen LogP contribution in [0, 0.1) is 6.92 Å². The van der Waals surface area contributed by atoms with E-state index in [1.54, 1.807) is 49.6 Å². The highest BCUT2D eigenvalue weighted by molar-refractivity contribution is 7.90. The number of nitrogens with two attached hydrogens (primary N) is 1. The molecule has 0 amide bonds. The lowest BCUT2D eigenvalue weighted by molar-refractivity contribution is 0.595. The van der Waals surface area contributed by atoms with Crippen LogP contribution >= 0.6 is 0 Å². The van der Waals surface area contributed by atoms with Crippen LogP contribution in [0.3, 0.4) is 0 Å². The van der Waals surface area contributed by atoms with E-state index in [2.05, 4.69) is 4.98 Å². The lowest BCUT2D eigenvalue weighted by Gasteiger charge is -2.09. The molecular weight excluding hydrogens is 248 g/mol. The molecule has 0 bridgehead atoms. The summed E-state index contributed by atoms with van der Waals surface area (Å²) in [6, 6.07) is 8.40. The summed E-state index contributed by atoms with van der Waals surface area (Å²) >= 11 is 0. The van der Waals surface area contributed by atoms with Gasteiger partial charge in [-0.3, -0.25) is 4.98 Å². The van der Waals surface area contributed by atoms with Crippen LogP contribution in [0.5, 0.6) is 0 Å². The summed E-state index contributed by atoms with van der Waals surface area (Å²) in [5, 5.41) is 0. The molecule has 0 fully saturated rings. The number of nitrogen functional groups attached to an aromatic ring is 1. The molecule has 0 aliphatic rings. The number of benzene rings is 1. The van der Waals surface area contributed by atoms with Crippen LogP contribution in [-0.2, 0) is 15.6 Å². The van der Waals surface area contributed by atoms with Crippen molar-refractivity contribution < 1.29 is 8.42 Å². The minimum Gasteiger partial charge on any atom is -0.397 e. The SMILES string of the molecule is Cc1cccc(S(=O)(=O)Cc2ccncc2)c1N. The predicted octanol–water partition coefficient (Wildman–Crippen LogP) is 1.95. The van der Waals surface area contributed by atoms with Crippen LogP contribution in [-0.4, -0.2) is 13.4 Å². The van der Waals surface area contributed by atoms with Gasteiger partial charge in [0.05, 0.1) is 16.3 Å². The van der Waals surface area contributed by atoms with E-state index in [4.69, 9.17) is 5.73 Å². The fourth-order valence-corrected chi connectivity index (χ4v) is 3.27. The van der Waals surface area contributed by atoms with Gasteiger partial charge in [-0.1, -0.05) is 12.1 Å². The third-order valence-corrected chi connectivity index (χ3v) is 4.46. The zero-order valence-corrected chi connectivity index (χ0v) is 10.8. The van der Waals surface area contributed by atoms with Gasteiger partial charge < -0.3 is 5.73 Å². The first-order valence-electron chi connectivity index (χ1n) is 5.47. The Morgan fingerprint density at radius 2 is 1.83 bits per heavy atom. The van der Waals surface area contributed by atoms with E-state index in [0.717, 1.165) is 5.56 Å². The molecule has 0 atom stereocenters. The first-order chi connectivity index (χ1) is 8.50. The van der Waals surface area contributed by atoms with Gasteiger partial charge >= 0.3 is 0 Å². The van der Waals surface area contributed by atoms with Gasteiger partial charge in [-0.2, -0.15) is 0 Å². The highest BCUT2D eigenvalue weighted by Gasteiger charge is 2.18. The zero-order chi connectivity index (χ0) is 13.2. The van der Waals surface area contributed by atoms with E-state index >= 15 is 0 Å². The second kappa shape index (κ2) is 4.78. The van der Waals surface area contributed by atoms with Crippen molar-refractivity contribution in [3.05, 3.63) is 53.9 Å². The Hall–Kier alpha value is -1.88. The van der Waals surface area contributed by atoms with E-state index in [9.17, 15) is 8.42 Å². The molecule has 18 heavy (non-hydrogen) atoms. The molecular formula is C13H14N2O2S. The maximum Gasteiger partial charge on any atom is 0.184 e. The number of rotatable bonds is 3. The van der Waals surface area contributed by atoms with Crippen molar-refractivity contribution in [3.63, 3.8) is 0 Å². The third kappa shape index (κ3) is 2.51. The topological polar surface area (TPSA) is 73.0 Å². The van der Waals surface area contributed by atoms with Crippen molar-refractivity contribution >= 4 is 15.5 Å². The predicted molar refractivity (Wildman–Crippen MR) is 70.7 cm³/mol. The lowest BCUT2D eigenvalue weighted by atomic mass is 10.2. The molecule has 2 rings (SSSR count). The summed E-state index contributed by atoms with van der Waals surface area (Å²) in [4.78, 5) is 4.05. The summed E-state index contributed by atoms with van der Waals surface area (Å²) in [5.74, 6) is -0.0663. The molecule has 5 heteroatoms. The minimum absolute atomic E-state index is 0.0663. The average molecular weight is 262 g/mol. The Kier molecular flexibility index (Phi) is 3.34. The standard InChI is InChI=1S/C13H14N2O2S/c1-10-3-2-4-12(13(10)14)18(16,17)9-11-5-7-15-8-6-11/h2-8H,9,14H2,1H3. The summed E-state index contributed by atoms with van der Waals surface area (Å²) < 4.78 is 24.5. The van der Waals surface area contributed by atoms with E-state index in [-0.39, 0.29) is 10.6 Å². The monoisotopic (exact) mass is 262 g/mol. The molecule has 0 unspecified atom stereocenters. The summed E-state index contributed by atoms with van der Waals surface area (Å²) in [6.45, 7) is 1.79. The van der Waals surface area contributed by atoms with E-state index in [1.165, 1.54) is 0 Å². The number of hydrogen-bond acceptors (Lipinski definition) is 4. The molecule has 1 heterocycles. The number of nitrogens with zero attached hydrogens (tertiary/aromatic N) is 1. The molecule has 0 spiro atoms. The molecule has 0 aliphatic carbocycles. The fraction of sp³-hybridized carbons (Fsp3) is 0.154. The maximum absolute atomic E-state index is 12.3. The fourth-order valence-electron chi connectivity index (χ4n) is 1.70. The Labute approximate surface area is 106 Å². The van der Waals surface area contributed by atoms with Gasteiger partial charge in [-0.15, -0.1) is 0 Å². The second-order valence-electron chi connectivity index (χ2n) is 4.10. The quantitative estimate of drug-likeness (QED) is 0.858. The van der Waals surface area contributed by atoms with Crippen molar-refractivity contribution in [1.82, 2.24) is 4.98 Å². The van der Waals surface area contributed by atoms with Crippen LogP contribution in [0.15, 0.2) is 47.6 Å². The number of para-hydroxylation sites is 1. The van der Waals surface area contributed by atoms with Crippen molar-refractivity contribution in [3.8, 4) is 0 Å². The molecule has 4 nitrogen and oxygen atoms in total.